The monoisotopic (exact) mass is 929 g/mol. The molecular formula is C60H112O6. The third-order valence-electron chi connectivity index (χ3n) is 13.2. The predicted molar refractivity (Wildman–Crippen MR) is 284 cm³/mol. The van der Waals surface area contributed by atoms with E-state index in [1.165, 1.54) is 205 Å². The Morgan fingerprint density at radius 3 is 0.848 bits per heavy atom. The van der Waals surface area contributed by atoms with E-state index >= 15 is 0 Å². The Kier molecular flexibility index (Phi) is 53.7. The molecule has 0 radical (unpaired) electrons. The molecule has 0 spiro atoms. The molecule has 0 rings (SSSR count). The summed E-state index contributed by atoms with van der Waals surface area (Å²) in [5.74, 6) is -0.863. The van der Waals surface area contributed by atoms with Crippen LogP contribution in [0.25, 0.3) is 0 Å². The van der Waals surface area contributed by atoms with Crippen LogP contribution in [0.2, 0.25) is 0 Å². The highest BCUT2D eigenvalue weighted by atomic mass is 16.6. The SMILES string of the molecule is CCCCCC/C=C\C/C=C\CCCCCCCC(=O)OC(COC(=O)CCCCCCCCCCCCCCC)COC(=O)CCCCCCCCCCCCCCCCCCCCC. The molecule has 0 saturated carbocycles. The van der Waals surface area contributed by atoms with Gasteiger partial charge in [0.15, 0.2) is 6.10 Å². The van der Waals surface area contributed by atoms with Crippen molar-refractivity contribution in [1.29, 1.82) is 0 Å². The van der Waals surface area contributed by atoms with Crippen LogP contribution in [0.15, 0.2) is 24.3 Å². The smallest absolute Gasteiger partial charge is 0.306 e. The maximum atomic E-state index is 12.8. The number of carbonyl (C=O) groups is 3. The van der Waals surface area contributed by atoms with Crippen molar-refractivity contribution < 1.29 is 28.6 Å². The van der Waals surface area contributed by atoms with E-state index in [-0.39, 0.29) is 31.1 Å². The number of rotatable bonds is 54. The molecular weight excluding hydrogens is 817 g/mol. The summed E-state index contributed by atoms with van der Waals surface area (Å²) in [7, 11) is 0. The summed E-state index contributed by atoms with van der Waals surface area (Å²) in [5.41, 5.74) is 0. The van der Waals surface area contributed by atoms with Crippen molar-refractivity contribution in [1.82, 2.24) is 0 Å². The molecule has 0 amide bonds. The van der Waals surface area contributed by atoms with Gasteiger partial charge < -0.3 is 14.2 Å². The Labute approximate surface area is 411 Å². The second-order valence-electron chi connectivity index (χ2n) is 19.9. The van der Waals surface area contributed by atoms with Gasteiger partial charge >= 0.3 is 17.9 Å². The number of allylic oxidation sites excluding steroid dienone is 4. The molecule has 0 N–H and O–H groups in total. The molecule has 1 atom stereocenters. The standard InChI is InChI=1S/C60H112O6/c1-4-7-10-13-16-19-22-25-27-29-30-31-33-35-38-41-44-47-50-53-59(62)65-56-57(55-64-58(61)52-49-46-43-40-37-34-24-21-18-15-12-9-6-3)66-60(63)54-51-48-45-42-39-36-32-28-26-23-20-17-14-11-8-5-2/h20,23,28,32,57H,4-19,21-22,24-27,29-31,33-56H2,1-3H3/b23-20-,32-28-. The predicted octanol–water partition coefficient (Wildman–Crippen LogP) is 19.5. The highest BCUT2D eigenvalue weighted by molar-refractivity contribution is 5.71. The minimum absolute atomic E-state index is 0.0714. The average molecular weight is 930 g/mol. The molecule has 0 aliphatic rings. The van der Waals surface area contributed by atoms with Gasteiger partial charge in [-0.05, 0) is 51.4 Å². The fraction of sp³-hybridized carbons (Fsp3) is 0.883. The molecule has 0 aromatic rings. The molecule has 0 fully saturated rings. The number of carbonyl (C=O) groups excluding carboxylic acids is 3. The lowest BCUT2D eigenvalue weighted by molar-refractivity contribution is -0.167. The molecule has 0 saturated heterocycles. The third-order valence-corrected chi connectivity index (χ3v) is 13.2. The summed E-state index contributed by atoms with van der Waals surface area (Å²) in [6.45, 7) is 6.66. The molecule has 0 aliphatic heterocycles. The van der Waals surface area contributed by atoms with E-state index in [2.05, 4.69) is 45.1 Å². The van der Waals surface area contributed by atoms with E-state index < -0.39 is 6.10 Å². The van der Waals surface area contributed by atoms with Gasteiger partial charge in [-0.3, -0.25) is 14.4 Å². The Bertz CT molecular complexity index is 1070. The van der Waals surface area contributed by atoms with Crippen LogP contribution < -0.4 is 0 Å². The minimum Gasteiger partial charge on any atom is -0.462 e. The van der Waals surface area contributed by atoms with E-state index in [0.717, 1.165) is 77.0 Å². The van der Waals surface area contributed by atoms with E-state index in [1.54, 1.807) is 0 Å². The van der Waals surface area contributed by atoms with Crippen molar-refractivity contribution in [3.05, 3.63) is 24.3 Å². The van der Waals surface area contributed by atoms with Gasteiger partial charge in [-0.15, -0.1) is 0 Å². The molecule has 0 heterocycles. The maximum Gasteiger partial charge on any atom is 0.306 e. The van der Waals surface area contributed by atoms with E-state index in [1.807, 2.05) is 0 Å². The third kappa shape index (κ3) is 52.9. The number of hydrogen-bond acceptors (Lipinski definition) is 6. The Morgan fingerprint density at radius 2 is 0.545 bits per heavy atom. The second-order valence-corrected chi connectivity index (χ2v) is 19.9. The summed E-state index contributed by atoms with van der Waals surface area (Å²) in [4.78, 5) is 38.1. The van der Waals surface area contributed by atoms with Crippen molar-refractivity contribution in [2.24, 2.45) is 0 Å². The topological polar surface area (TPSA) is 78.9 Å². The van der Waals surface area contributed by atoms with Crippen LogP contribution in [0.3, 0.4) is 0 Å². The van der Waals surface area contributed by atoms with Crippen LogP contribution in [0, 0.1) is 0 Å². The quantitative estimate of drug-likeness (QED) is 0.0262. The molecule has 0 aromatic heterocycles. The van der Waals surface area contributed by atoms with Gasteiger partial charge in [0.25, 0.3) is 0 Å². The maximum absolute atomic E-state index is 12.8. The van der Waals surface area contributed by atoms with Gasteiger partial charge in [0.05, 0.1) is 0 Å². The molecule has 388 valence electrons. The Morgan fingerprint density at radius 1 is 0.303 bits per heavy atom. The van der Waals surface area contributed by atoms with Gasteiger partial charge in [-0.25, -0.2) is 0 Å². The van der Waals surface area contributed by atoms with Crippen molar-refractivity contribution in [3.63, 3.8) is 0 Å². The van der Waals surface area contributed by atoms with Crippen LogP contribution in [-0.2, 0) is 28.6 Å². The van der Waals surface area contributed by atoms with Crippen LogP contribution in [-0.4, -0.2) is 37.2 Å². The molecule has 66 heavy (non-hydrogen) atoms. The zero-order valence-corrected chi connectivity index (χ0v) is 44.5. The fourth-order valence-corrected chi connectivity index (χ4v) is 8.77. The zero-order chi connectivity index (χ0) is 47.9. The first-order valence-electron chi connectivity index (χ1n) is 29.3. The van der Waals surface area contributed by atoms with Crippen LogP contribution in [0.4, 0.5) is 0 Å². The fourth-order valence-electron chi connectivity index (χ4n) is 8.77. The molecule has 0 aliphatic carbocycles. The first-order valence-corrected chi connectivity index (χ1v) is 29.3. The van der Waals surface area contributed by atoms with Gasteiger partial charge in [0.2, 0.25) is 0 Å². The van der Waals surface area contributed by atoms with Crippen LogP contribution >= 0.6 is 0 Å². The van der Waals surface area contributed by atoms with Gasteiger partial charge in [0, 0.05) is 19.3 Å². The Balaban J connectivity index is 4.31. The molecule has 1 unspecified atom stereocenters. The average Bonchev–Trinajstić information content (AvgIpc) is 3.31. The summed E-state index contributed by atoms with van der Waals surface area (Å²) in [5, 5.41) is 0. The first kappa shape index (κ1) is 63.9. The lowest BCUT2D eigenvalue weighted by Gasteiger charge is -2.18. The number of ether oxygens (including phenoxy) is 3. The van der Waals surface area contributed by atoms with Crippen LogP contribution in [0.5, 0.6) is 0 Å². The number of esters is 3. The van der Waals surface area contributed by atoms with E-state index in [4.69, 9.17) is 14.2 Å². The molecule has 0 aromatic carbocycles. The molecule has 6 nitrogen and oxygen atoms in total. The van der Waals surface area contributed by atoms with Gasteiger partial charge in [-0.2, -0.15) is 0 Å². The summed E-state index contributed by atoms with van der Waals surface area (Å²) >= 11 is 0. The summed E-state index contributed by atoms with van der Waals surface area (Å²) in [6, 6.07) is 0. The number of hydrogen-bond donors (Lipinski definition) is 0. The van der Waals surface area contributed by atoms with Crippen LogP contribution in [0.1, 0.15) is 323 Å². The summed E-state index contributed by atoms with van der Waals surface area (Å²) in [6.07, 6.45) is 64.5. The van der Waals surface area contributed by atoms with Gasteiger partial charge in [-0.1, -0.05) is 276 Å². The van der Waals surface area contributed by atoms with Crippen molar-refractivity contribution in [3.8, 4) is 0 Å². The molecule has 0 bridgehead atoms. The second kappa shape index (κ2) is 55.5. The highest BCUT2D eigenvalue weighted by Gasteiger charge is 2.19. The highest BCUT2D eigenvalue weighted by Crippen LogP contribution is 2.17. The zero-order valence-electron chi connectivity index (χ0n) is 44.5. The van der Waals surface area contributed by atoms with E-state index in [0.29, 0.717) is 19.3 Å². The van der Waals surface area contributed by atoms with Crippen molar-refractivity contribution in [2.45, 2.75) is 329 Å². The lowest BCUT2D eigenvalue weighted by Crippen LogP contribution is -2.30. The Hall–Kier alpha value is -2.11. The van der Waals surface area contributed by atoms with Crippen molar-refractivity contribution in [2.75, 3.05) is 13.2 Å². The molecule has 6 heteroatoms. The summed E-state index contributed by atoms with van der Waals surface area (Å²) < 4.78 is 16.9. The normalized spacial score (nSPS) is 12.1. The number of unbranched alkanes of at least 4 members (excludes halogenated alkanes) is 39. The minimum atomic E-state index is -0.773. The largest absolute Gasteiger partial charge is 0.462 e. The first-order chi connectivity index (χ1) is 32.5. The lowest BCUT2D eigenvalue weighted by atomic mass is 10.0. The van der Waals surface area contributed by atoms with Crippen molar-refractivity contribution >= 4 is 17.9 Å². The van der Waals surface area contributed by atoms with E-state index in [9.17, 15) is 14.4 Å². The van der Waals surface area contributed by atoms with Gasteiger partial charge in [0.1, 0.15) is 13.2 Å².